The van der Waals surface area contributed by atoms with Crippen LogP contribution < -0.4 is 16.4 Å². The highest BCUT2D eigenvalue weighted by Gasteiger charge is 2.01. The van der Waals surface area contributed by atoms with Gasteiger partial charge in [0, 0.05) is 18.0 Å². The molecule has 0 unspecified atom stereocenters. The number of nitrogens with one attached hydrogen (secondary N) is 2. The highest BCUT2D eigenvalue weighted by molar-refractivity contribution is 7.16. The number of hydrogen-bond donors (Lipinski definition) is 3. The lowest BCUT2D eigenvalue weighted by atomic mass is 10.5. The average molecular weight is 199 g/mol. The van der Waals surface area contributed by atoms with Gasteiger partial charge in [-0.3, -0.25) is 5.32 Å². The number of nitrogens with two attached hydrogens (primary N) is 1. The van der Waals surface area contributed by atoms with Crippen molar-refractivity contribution in [3.8, 4) is 0 Å². The molecule has 4 nitrogen and oxygen atoms in total. The van der Waals surface area contributed by atoms with Crippen LogP contribution in [0.25, 0.3) is 0 Å². The standard InChI is InChI=1S/C8H13N3OS/c1-6-2-3-7(13-6)11-8(12)10-5-4-9/h2-3H,4-5,9H2,1H3,(H2,10,11,12). The average Bonchev–Trinajstić information content (AvgIpc) is 2.48. The third-order valence-corrected chi connectivity index (χ3v) is 2.32. The third kappa shape index (κ3) is 3.43. The minimum atomic E-state index is -0.202. The Labute approximate surface area is 81.1 Å². The van der Waals surface area contributed by atoms with Crippen LogP contribution in [0.2, 0.25) is 0 Å². The maximum absolute atomic E-state index is 11.1. The van der Waals surface area contributed by atoms with Crippen LogP contribution >= 0.6 is 11.3 Å². The molecule has 1 aromatic heterocycles. The Kier molecular flexibility index (Phi) is 3.72. The first-order valence-electron chi connectivity index (χ1n) is 4.03. The van der Waals surface area contributed by atoms with E-state index in [0.29, 0.717) is 13.1 Å². The molecule has 0 fully saturated rings. The number of anilines is 1. The van der Waals surface area contributed by atoms with Crippen molar-refractivity contribution < 1.29 is 4.79 Å². The zero-order chi connectivity index (χ0) is 9.68. The van der Waals surface area contributed by atoms with E-state index in [1.54, 1.807) is 11.3 Å². The SMILES string of the molecule is Cc1ccc(NC(=O)NCCN)s1. The smallest absolute Gasteiger partial charge is 0.319 e. The molecular weight excluding hydrogens is 186 g/mol. The molecule has 0 atom stereocenters. The molecule has 13 heavy (non-hydrogen) atoms. The summed E-state index contributed by atoms with van der Waals surface area (Å²) in [4.78, 5) is 12.3. The molecule has 0 spiro atoms. The Balaban J connectivity index is 2.36. The fraction of sp³-hybridized carbons (Fsp3) is 0.375. The van der Waals surface area contributed by atoms with Gasteiger partial charge in [0.2, 0.25) is 0 Å². The van der Waals surface area contributed by atoms with Crippen LogP contribution in [-0.2, 0) is 0 Å². The molecule has 0 aromatic carbocycles. The minimum Gasteiger partial charge on any atom is -0.337 e. The summed E-state index contributed by atoms with van der Waals surface area (Å²) in [5.74, 6) is 0. The van der Waals surface area contributed by atoms with Crippen LogP contribution in [0.3, 0.4) is 0 Å². The first-order chi connectivity index (χ1) is 6.22. The first kappa shape index (κ1) is 10.0. The van der Waals surface area contributed by atoms with E-state index in [-0.39, 0.29) is 6.03 Å². The third-order valence-electron chi connectivity index (χ3n) is 1.41. The van der Waals surface area contributed by atoms with Crippen molar-refractivity contribution in [2.24, 2.45) is 5.73 Å². The molecule has 2 amide bonds. The van der Waals surface area contributed by atoms with Crippen LogP contribution in [0.4, 0.5) is 9.80 Å². The van der Waals surface area contributed by atoms with E-state index in [4.69, 9.17) is 5.73 Å². The number of urea groups is 1. The molecular formula is C8H13N3OS. The minimum absolute atomic E-state index is 0.202. The zero-order valence-electron chi connectivity index (χ0n) is 7.46. The van der Waals surface area contributed by atoms with Crippen molar-refractivity contribution >= 4 is 22.4 Å². The summed E-state index contributed by atoms with van der Waals surface area (Å²) in [6.07, 6.45) is 0. The first-order valence-corrected chi connectivity index (χ1v) is 4.85. The van der Waals surface area contributed by atoms with Crippen molar-refractivity contribution in [3.05, 3.63) is 17.0 Å². The maximum Gasteiger partial charge on any atom is 0.319 e. The lowest BCUT2D eigenvalue weighted by Gasteiger charge is -2.03. The summed E-state index contributed by atoms with van der Waals surface area (Å²) in [6.45, 7) is 2.95. The van der Waals surface area contributed by atoms with Crippen LogP contribution in [0.1, 0.15) is 4.88 Å². The van der Waals surface area contributed by atoms with Gasteiger partial charge >= 0.3 is 6.03 Å². The van der Waals surface area contributed by atoms with E-state index >= 15 is 0 Å². The summed E-state index contributed by atoms with van der Waals surface area (Å²) in [6, 6.07) is 3.64. The molecule has 5 heteroatoms. The fourth-order valence-electron chi connectivity index (χ4n) is 0.843. The number of aryl methyl sites for hydroxylation is 1. The maximum atomic E-state index is 11.1. The second-order valence-corrected chi connectivity index (χ2v) is 3.87. The Morgan fingerprint density at radius 2 is 2.38 bits per heavy atom. The van der Waals surface area contributed by atoms with E-state index < -0.39 is 0 Å². The number of thiophene rings is 1. The van der Waals surface area contributed by atoms with Gasteiger partial charge in [-0.05, 0) is 19.1 Å². The van der Waals surface area contributed by atoms with Gasteiger partial charge < -0.3 is 11.1 Å². The Hall–Kier alpha value is -1.07. The van der Waals surface area contributed by atoms with E-state index in [2.05, 4.69) is 10.6 Å². The molecule has 1 heterocycles. The summed E-state index contributed by atoms with van der Waals surface area (Å²) in [5.41, 5.74) is 5.23. The van der Waals surface area contributed by atoms with Crippen LogP contribution in [-0.4, -0.2) is 19.1 Å². The Morgan fingerprint density at radius 1 is 1.62 bits per heavy atom. The largest absolute Gasteiger partial charge is 0.337 e. The lowest BCUT2D eigenvalue weighted by Crippen LogP contribution is -2.32. The van der Waals surface area contributed by atoms with E-state index in [0.717, 1.165) is 5.00 Å². The van der Waals surface area contributed by atoms with Gasteiger partial charge in [-0.15, -0.1) is 11.3 Å². The van der Waals surface area contributed by atoms with Gasteiger partial charge in [0.15, 0.2) is 0 Å². The number of rotatable bonds is 3. The summed E-state index contributed by atoms with van der Waals surface area (Å²) < 4.78 is 0. The fourth-order valence-corrected chi connectivity index (χ4v) is 1.61. The Morgan fingerprint density at radius 3 is 2.92 bits per heavy atom. The van der Waals surface area contributed by atoms with Gasteiger partial charge in [0.25, 0.3) is 0 Å². The number of amides is 2. The lowest BCUT2D eigenvalue weighted by molar-refractivity contribution is 0.252. The van der Waals surface area contributed by atoms with Gasteiger partial charge in [-0.1, -0.05) is 0 Å². The molecule has 72 valence electrons. The molecule has 0 aliphatic heterocycles. The molecule has 0 saturated heterocycles. The van der Waals surface area contributed by atoms with E-state index in [9.17, 15) is 4.79 Å². The number of carbonyl (C=O) groups is 1. The van der Waals surface area contributed by atoms with Crippen LogP contribution in [0, 0.1) is 6.92 Å². The van der Waals surface area contributed by atoms with Crippen molar-refractivity contribution in [1.82, 2.24) is 5.32 Å². The van der Waals surface area contributed by atoms with Gasteiger partial charge in [-0.25, -0.2) is 4.79 Å². The van der Waals surface area contributed by atoms with Crippen molar-refractivity contribution in [3.63, 3.8) is 0 Å². The highest BCUT2D eigenvalue weighted by Crippen LogP contribution is 2.20. The Bertz CT molecular complexity index is 285. The molecule has 0 saturated carbocycles. The monoisotopic (exact) mass is 199 g/mol. The van der Waals surface area contributed by atoms with Gasteiger partial charge in [0.1, 0.15) is 0 Å². The zero-order valence-corrected chi connectivity index (χ0v) is 8.28. The second-order valence-electron chi connectivity index (χ2n) is 2.58. The van der Waals surface area contributed by atoms with E-state index in [1.165, 1.54) is 4.88 Å². The van der Waals surface area contributed by atoms with Crippen molar-refractivity contribution in [1.29, 1.82) is 0 Å². The topological polar surface area (TPSA) is 67.2 Å². The van der Waals surface area contributed by atoms with Gasteiger partial charge in [-0.2, -0.15) is 0 Å². The molecule has 0 bridgehead atoms. The molecule has 4 N–H and O–H groups in total. The predicted octanol–water partition coefficient (Wildman–Crippen LogP) is 1.14. The predicted molar refractivity (Wildman–Crippen MR) is 55.1 cm³/mol. The van der Waals surface area contributed by atoms with Gasteiger partial charge in [0.05, 0.1) is 5.00 Å². The molecule has 0 aliphatic carbocycles. The van der Waals surface area contributed by atoms with E-state index in [1.807, 2.05) is 19.1 Å². The molecule has 1 aromatic rings. The molecule has 0 aliphatic rings. The second kappa shape index (κ2) is 4.84. The molecule has 0 radical (unpaired) electrons. The summed E-state index contributed by atoms with van der Waals surface area (Å²) >= 11 is 1.55. The van der Waals surface area contributed by atoms with Crippen molar-refractivity contribution in [2.75, 3.05) is 18.4 Å². The summed E-state index contributed by atoms with van der Waals surface area (Å²) in [5, 5.41) is 6.19. The van der Waals surface area contributed by atoms with Crippen LogP contribution in [0.5, 0.6) is 0 Å². The quantitative estimate of drug-likeness (QED) is 0.683. The molecule has 1 rings (SSSR count). The number of carbonyl (C=O) groups excluding carboxylic acids is 1. The number of hydrogen-bond acceptors (Lipinski definition) is 3. The highest BCUT2D eigenvalue weighted by atomic mass is 32.1. The normalized spacial score (nSPS) is 9.69. The summed E-state index contributed by atoms with van der Waals surface area (Å²) in [7, 11) is 0. The van der Waals surface area contributed by atoms with Crippen LogP contribution in [0.15, 0.2) is 12.1 Å². The van der Waals surface area contributed by atoms with Crippen molar-refractivity contribution in [2.45, 2.75) is 6.92 Å².